The number of rotatable bonds is 10. The van der Waals surface area contributed by atoms with E-state index in [1.54, 1.807) is 61.0 Å². The molecule has 0 radical (unpaired) electrons. The molecule has 0 bridgehead atoms. The van der Waals surface area contributed by atoms with E-state index in [2.05, 4.69) is 26.0 Å². The van der Waals surface area contributed by atoms with Crippen molar-refractivity contribution in [1.82, 2.24) is 19.9 Å². The fourth-order valence-electron chi connectivity index (χ4n) is 3.74. The Morgan fingerprint density at radius 2 is 1.90 bits per heavy atom. The van der Waals surface area contributed by atoms with Crippen molar-refractivity contribution in [3.05, 3.63) is 66.0 Å². The number of benzene rings is 1. The smallest absolute Gasteiger partial charge is 0.239 e. The molecule has 1 aliphatic carbocycles. The van der Waals surface area contributed by atoms with E-state index in [-0.39, 0.29) is 11.8 Å². The van der Waals surface area contributed by atoms with Gasteiger partial charge in [0.2, 0.25) is 23.6 Å². The number of nitrogens with zero attached hydrogens (tertiary/aromatic N) is 3. The van der Waals surface area contributed by atoms with E-state index in [1.165, 1.54) is 0 Å². The number of hydrogen-bond acceptors (Lipinski definition) is 6. The molecule has 10 heteroatoms. The largest absolute Gasteiger partial charge is 0.438 e. The lowest BCUT2D eigenvalue weighted by Crippen LogP contribution is -2.44. The van der Waals surface area contributed by atoms with Crippen LogP contribution in [0.4, 0.5) is 11.5 Å². The first kappa shape index (κ1) is 27.6. The lowest BCUT2D eigenvalue weighted by molar-refractivity contribution is -0.137. The molecule has 1 fully saturated rings. The number of hydrogen-bond donors (Lipinski definition) is 3. The van der Waals surface area contributed by atoms with Gasteiger partial charge >= 0.3 is 0 Å². The van der Waals surface area contributed by atoms with Gasteiger partial charge in [0, 0.05) is 23.4 Å². The molecule has 0 saturated heterocycles. The molecule has 39 heavy (non-hydrogen) atoms. The predicted octanol–water partition coefficient (Wildman–Crippen LogP) is 5.13. The summed E-state index contributed by atoms with van der Waals surface area (Å²) in [5, 5.41) is 12.9. The molecule has 2 aromatic heterocycles. The fraction of sp³-hybridized carbons (Fsp3) is 0.345. The van der Waals surface area contributed by atoms with Crippen LogP contribution in [0, 0.1) is 18.3 Å². The molecular formula is C29H34N6O4. The molecule has 2 heterocycles. The van der Waals surface area contributed by atoms with Crippen LogP contribution in [0.2, 0.25) is 0 Å². The Balaban J connectivity index is 1.41. The summed E-state index contributed by atoms with van der Waals surface area (Å²) in [7, 11) is 0. The number of aromatic nitrogens is 3. The molecule has 0 unspecified atom stereocenters. The standard InChI is InChI=1S/C29H34N6O4/c1-6-8-20(9-7-2)30-27(37)29(4,5)28(38)31-22-13-12-21(16-18(22)3)39-25-15-14-24-32-23(17-35(24)34-25)33-26(36)19-10-11-19/h6,8-9,12-17,19H,7,10-11H2,1-5H3,(H,30,37)(H,31,38)(H,33,36)/b8-6-,20-9+. The first-order valence-corrected chi connectivity index (χ1v) is 13.0. The Bertz CT molecular complexity index is 1470. The normalized spacial score (nSPS) is 13.9. The zero-order chi connectivity index (χ0) is 28.2. The Morgan fingerprint density at radius 1 is 1.13 bits per heavy atom. The Morgan fingerprint density at radius 3 is 2.56 bits per heavy atom. The maximum atomic E-state index is 13.0. The highest BCUT2D eigenvalue weighted by Crippen LogP contribution is 2.30. The highest BCUT2D eigenvalue weighted by molar-refractivity contribution is 6.10. The van der Waals surface area contributed by atoms with Gasteiger partial charge < -0.3 is 20.7 Å². The van der Waals surface area contributed by atoms with Gasteiger partial charge in [-0.05, 0) is 82.9 Å². The van der Waals surface area contributed by atoms with Crippen LogP contribution < -0.4 is 20.7 Å². The average molecular weight is 531 g/mol. The molecular weight excluding hydrogens is 496 g/mol. The van der Waals surface area contributed by atoms with Gasteiger partial charge in [0.1, 0.15) is 11.2 Å². The number of carbonyl (C=O) groups excluding carboxylic acids is 3. The lowest BCUT2D eigenvalue weighted by Gasteiger charge is -2.23. The van der Waals surface area contributed by atoms with Gasteiger partial charge in [-0.2, -0.15) is 0 Å². The van der Waals surface area contributed by atoms with Crippen molar-refractivity contribution >= 4 is 34.9 Å². The van der Waals surface area contributed by atoms with E-state index < -0.39 is 17.2 Å². The van der Waals surface area contributed by atoms with E-state index in [4.69, 9.17) is 4.74 Å². The van der Waals surface area contributed by atoms with Crippen molar-refractivity contribution in [3.63, 3.8) is 0 Å². The third kappa shape index (κ3) is 6.70. The number of anilines is 2. The number of fused-ring (bicyclic) bond motifs is 1. The van der Waals surface area contributed by atoms with Gasteiger partial charge in [-0.1, -0.05) is 19.1 Å². The molecule has 1 saturated carbocycles. The van der Waals surface area contributed by atoms with Crippen molar-refractivity contribution in [1.29, 1.82) is 0 Å². The number of aryl methyl sites for hydroxylation is 1. The molecule has 3 aromatic rings. The number of allylic oxidation sites excluding steroid dienone is 3. The molecule has 1 aliphatic rings. The van der Waals surface area contributed by atoms with Gasteiger partial charge in [-0.15, -0.1) is 5.10 Å². The second-order valence-electron chi connectivity index (χ2n) is 10.0. The van der Waals surface area contributed by atoms with Crippen LogP contribution in [0.5, 0.6) is 11.6 Å². The molecule has 0 atom stereocenters. The van der Waals surface area contributed by atoms with Gasteiger partial charge in [0.15, 0.2) is 11.5 Å². The molecule has 4 rings (SSSR count). The lowest BCUT2D eigenvalue weighted by atomic mass is 9.90. The second kappa shape index (κ2) is 11.5. The summed E-state index contributed by atoms with van der Waals surface area (Å²) in [6, 6.07) is 8.65. The maximum Gasteiger partial charge on any atom is 0.239 e. The maximum absolute atomic E-state index is 13.0. The van der Waals surface area contributed by atoms with Crippen molar-refractivity contribution in [2.24, 2.45) is 11.3 Å². The van der Waals surface area contributed by atoms with Crippen LogP contribution in [0.25, 0.3) is 5.65 Å². The first-order chi connectivity index (χ1) is 18.6. The topological polar surface area (TPSA) is 127 Å². The zero-order valence-electron chi connectivity index (χ0n) is 22.9. The van der Waals surface area contributed by atoms with Crippen LogP contribution in [-0.4, -0.2) is 32.3 Å². The first-order valence-electron chi connectivity index (χ1n) is 13.0. The molecule has 0 aliphatic heterocycles. The number of ether oxygens (including phenoxy) is 1. The number of amides is 3. The summed E-state index contributed by atoms with van der Waals surface area (Å²) >= 11 is 0. The van der Waals surface area contributed by atoms with E-state index in [0.29, 0.717) is 34.5 Å². The summed E-state index contributed by atoms with van der Waals surface area (Å²) in [5.74, 6) is 0.553. The van der Waals surface area contributed by atoms with Gasteiger partial charge in [-0.25, -0.2) is 9.50 Å². The molecule has 10 nitrogen and oxygen atoms in total. The summed E-state index contributed by atoms with van der Waals surface area (Å²) in [6.45, 7) is 8.85. The second-order valence-corrected chi connectivity index (χ2v) is 10.0. The highest BCUT2D eigenvalue weighted by Gasteiger charge is 2.36. The Labute approximate surface area is 227 Å². The Kier molecular flexibility index (Phi) is 8.13. The number of imidazole rings is 1. The van der Waals surface area contributed by atoms with Crippen molar-refractivity contribution < 1.29 is 19.1 Å². The third-order valence-corrected chi connectivity index (χ3v) is 6.33. The minimum Gasteiger partial charge on any atom is -0.438 e. The van der Waals surface area contributed by atoms with Crippen LogP contribution in [0.1, 0.15) is 52.5 Å². The molecule has 1 aromatic carbocycles. The molecule has 3 amide bonds. The van der Waals surface area contributed by atoms with Crippen LogP contribution in [-0.2, 0) is 14.4 Å². The van der Waals surface area contributed by atoms with Gasteiger partial charge in [0.05, 0.1) is 6.20 Å². The quantitative estimate of drug-likeness (QED) is 0.246. The molecule has 0 spiro atoms. The minimum atomic E-state index is -1.31. The van der Waals surface area contributed by atoms with Gasteiger partial charge in [0.25, 0.3) is 0 Å². The van der Waals surface area contributed by atoms with E-state index >= 15 is 0 Å². The number of carbonyl (C=O) groups is 3. The fourth-order valence-corrected chi connectivity index (χ4v) is 3.74. The average Bonchev–Trinajstić information content (AvgIpc) is 3.66. The van der Waals surface area contributed by atoms with Crippen molar-refractivity contribution in [2.75, 3.05) is 10.6 Å². The van der Waals surface area contributed by atoms with Gasteiger partial charge in [-0.3, -0.25) is 14.4 Å². The van der Waals surface area contributed by atoms with E-state index in [0.717, 1.165) is 24.8 Å². The Hall–Kier alpha value is -4.47. The van der Waals surface area contributed by atoms with Crippen LogP contribution in [0.15, 0.2) is 60.5 Å². The van der Waals surface area contributed by atoms with Crippen molar-refractivity contribution in [2.45, 2.75) is 53.9 Å². The summed E-state index contributed by atoms with van der Waals surface area (Å²) < 4.78 is 7.47. The van der Waals surface area contributed by atoms with Crippen molar-refractivity contribution in [3.8, 4) is 11.6 Å². The zero-order valence-corrected chi connectivity index (χ0v) is 22.9. The summed E-state index contributed by atoms with van der Waals surface area (Å²) in [4.78, 5) is 42.3. The minimum absolute atomic E-state index is 0.0201. The summed E-state index contributed by atoms with van der Waals surface area (Å²) in [5.41, 5.74) is 1.26. The van der Waals surface area contributed by atoms with Crippen LogP contribution >= 0.6 is 0 Å². The summed E-state index contributed by atoms with van der Waals surface area (Å²) in [6.07, 6.45) is 9.74. The SMILES string of the molecule is C/C=C\C(=C/CC)NC(=O)C(C)(C)C(=O)Nc1ccc(Oc2ccc3nc(NC(=O)C4CC4)cn3n2)cc1C. The highest BCUT2D eigenvalue weighted by atomic mass is 16.5. The van der Waals surface area contributed by atoms with E-state index in [1.807, 2.05) is 32.9 Å². The molecule has 3 N–H and O–H groups in total. The monoisotopic (exact) mass is 530 g/mol. The van der Waals surface area contributed by atoms with Crippen LogP contribution in [0.3, 0.4) is 0 Å². The number of nitrogens with one attached hydrogen (secondary N) is 3. The molecule has 204 valence electrons. The van der Waals surface area contributed by atoms with E-state index in [9.17, 15) is 14.4 Å². The predicted molar refractivity (Wildman–Crippen MR) is 149 cm³/mol. The third-order valence-electron chi connectivity index (χ3n) is 6.33.